The fraction of sp³-hybridized carbons (Fsp3) is 0.381. The van der Waals surface area contributed by atoms with Gasteiger partial charge in [-0.2, -0.15) is 0 Å². The maximum absolute atomic E-state index is 12.0. The fourth-order valence-corrected chi connectivity index (χ4v) is 3.17. The molecule has 8 nitrogen and oxygen atoms in total. The molecule has 8 heteroatoms. The molecule has 2 aromatic heterocycles. The Morgan fingerprint density at radius 1 is 1.28 bits per heavy atom. The van der Waals surface area contributed by atoms with Crippen molar-refractivity contribution in [3.63, 3.8) is 0 Å². The van der Waals surface area contributed by atoms with E-state index >= 15 is 0 Å². The minimum atomic E-state index is -0.546. The van der Waals surface area contributed by atoms with Crippen LogP contribution < -0.4 is 15.8 Å². The summed E-state index contributed by atoms with van der Waals surface area (Å²) in [6.45, 7) is 6.15. The summed E-state index contributed by atoms with van der Waals surface area (Å²) in [6.07, 6.45) is 2.46. The van der Waals surface area contributed by atoms with Crippen molar-refractivity contribution in [2.24, 2.45) is 25.7 Å². The van der Waals surface area contributed by atoms with E-state index in [1.54, 1.807) is 10.8 Å². The first-order chi connectivity index (χ1) is 13.7. The molecule has 3 rings (SSSR count). The van der Waals surface area contributed by atoms with Crippen molar-refractivity contribution in [1.82, 2.24) is 14.1 Å². The molecule has 0 radical (unpaired) electrons. The van der Waals surface area contributed by atoms with E-state index in [0.29, 0.717) is 35.1 Å². The molecule has 2 heterocycles. The van der Waals surface area contributed by atoms with Gasteiger partial charge in [0, 0.05) is 31.9 Å². The number of aromatic nitrogens is 3. The molecule has 2 amide bonds. The van der Waals surface area contributed by atoms with Gasteiger partial charge in [-0.3, -0.25) is 9.59 Å². The fourth-order valence-electron chi connectivity index (χ4n) is 3.17. The monoisotopic (exact) mass is 397 g/mol. The van der Waals surface area contributed by atoms with Crippen LogP contribution in [-0.2, 0) is 18.9 Å². The summed E-state index contributed by atoms with van der Waals surface area (Å²) in [5.74, 6) is 0.376. The van der Waals surface area contributed by atoms with Gasteiger partial charge in [-0.1, -0.05) is 20.8 Å². The van der Waals surface area contributed by atoms with Gasteiger partial charge in [0.05, 0.1) is 23.2 Å². The van der Waals surface area contributed by atoms with E-state index in [1.807, 2.05) is 57.6 Å². The predicted octanol–water partition coefficient (Wildman–Crippen LogP) is 3.06. The second-order valence-electron chi connectivity index (χ2n) is 7.39. The van der Waals surface area contributed by atoms with Gasteiger partial charge in [0.1, 0.15) is 5.69 Å². The van der Waals surface area contributed by atoms with Crippen molar-refractivity contribution in [1.29, 1.82) is 0 Å². The van der Waals surface area contributed by atoms with Gasteiger partial charge in [-0.25, -0.2) is 4.98 Å². The molecule has 29 heavy (non-hydrogen) atoms. The molecule has 0 fully saturated rings. The first-order valence-electron chi connectivity index (χ1n) is 9.64. The Morgan fingerprint density at radius 2 is 2.00 bits per heavy atom. The number of anilines is 1. The Morgan fingerprint density at radius 3 is 2.62 bits per heavy atom. The van der Waals surface area contributed by atoms with Crippen molar-refractivity contribution in [3.8, 4) is 17.3 Å². The second kappa shape index (κ2) is 7.98. The van der Waals surface area contributed by atoms with Crippen LogP contribution in [0.3, 0.4) is 0 Å². The van der Waals surface area contributed by atoms with Crippen LogP contribution in [0.25, 0.3) is 22.6 Å². The lowest BCUT2D eigenvalue weighted by atomic mass is 10.2. The highest BCUT2D eigenvalue weighted by Gasteiger charge is 2.24. The van der Waals surface area contributed by atoms with Crippen LogP contribution in [0, 0.1) is 5.92 Å². The Bertz CT molecular complexity index is 1080. The van der Waals surface area contributed by atoms with Crippen molar-refractivity contribution >= 4 is 28.5 Å². The minimum absolute atomic E-state index is 0.0516. The number of imidazole rings is 1. The average molecular weight is 397 g/mol. The number of nitrogens with zero attached hydrogens (tertiary/aromatic N) is 3. The molecule has 3 aromatic rings. The lowest BCUT2D eigenvalue weighted by Gasteiger charge is -2.10. The summed E-state index contributed by atoms with van der Waals surface area (Å²) in [5.41, 5.74) is 8.87. The van der Waals surface area contributed by atoms with Gasteiger partial charge >= 0.3 is 0 Å². The zero-order valence-electron chi connectivity index (χ0n) is 17.4. The number of aryl methyl sites for hydroxylation is 2. The number of primary amides is 1. The third-order valence-corrected chi connectivity index (χ3v) is 4.74. The summed E-state index contributed by atoms with van der Waals surface area (Å²) in [7, 11) is 3.73. The number of amides is 2. The van der Waals surface area contributed by atoms with Gasteiger partial charge in [0.2, 0.25) is 5.91 Å². The van der Waals surface area contributed by atoms with Gasteiger partial charge < -0.3 is 24.9 Å². The molecule has 0 atom stereocenters. The number of hydrogen-bond donors (Lipinski definition) is 2. The van der Waals surface area contributed by atoms with Crippen molar-refractivity contribution in [2.45, 2.75) is 27.2 Å². The third kappa shape index (κ3) is 3.83. The number of carbonyl (C=O) groups excluding carboxylic acids is 2. The SMILES string of the molecule is CCCOc1c(C(N)=O)cn(C)c1-c1nc2cc(NC(=O)C(C)C)ccc2n1C. The molecule has 0 saturated heterocycles. The summed E-state index contributed by atoms with van der Waals surface area (Å²) in [4.78, 5) is 28.7. The highest BCUT2D eigenvalue weighted by atomic mass is 16.5. The van der Waals surface area contributed by atoms with Gasteiger partial charge in [0.25, 0.3) is 5.91 Å². The molecular formula is C21H27N5O3. The van der Waals surface area contributed by atoms with E-state index in [4.69, 9.17) is 15.5 Å². The topological polar surface area (TPSA) is 104 Å². The van der Waals surface area contributed by atoms with Crippen molar-refractivity contribution in [2.75, 3.05) is 11.9 Å². The summed E-state index contributed by atoms with van der Waals surface area (Å²) in [5, 5.41) is 2.89. The molecule has 0 aliphatic rings. The van der Waals surface area contributed by atoms with Crippen LogP contribution in [0.15, 0.2) is 24.4 Å². The number of carbonyl (C=O) groups is 2. The van der Waals surface area contributed by atoms with E-state index in [0.717, 1.165) is 17.5 Å². The van der Waals surface area contributed by atoms with Gasteiger partial charge in [-0.15, -0.1) is 0 Å². The van der Waals surface area contributed by atoms with Crippen LogP contribution >= 0.6 is 0 Å². The van der Waals surface area contributed by atoms with Crippen LogP contribution in [0.1, 0.15) is 37.6 Å². The second-order valence-corrected chi connectivity index (χ2v) is 7.39. The lowest BCUT2D eigenvalue weighted by Crippen LogP contribution is -2.17. The first-order valence-corrected chi connectivity index (χ1v) is 9.64. The van der Waals surface area contributed by atoms with E-state index in [-0.39, 0.29) is 11.8 Å². The van der Waals surface area contributed by atoms with E-state index in [1.165, 1.54) is 0 Å². The van der Waals surface area contributed by atoms with Gasteiger partial charge in [-0.05, 0) is 24.6 Å². The predicted molar refractivity (Wildman–Crippen MR) is 113 cm³/mol. The standard InChI is InChI=1S/C21H27N5O3/c1-6-9-29-18-14(19(22)27)11-25(4)17(18)20-24-15-10-13(23-21(28)12(2)3)7-8-16(15)26(20)5/h7-8,10-12H,6,9H2,1-5H3,(H2,22,27)(H,23,28). The molecular weight excluding hydrogens is 370 g/mol. The Balaban J connectivity index is 2.11. The van der Waals surface area contributed by atoms with E-state index in [9.17, 15) is 9.59 Å². The number of fused-ring (bicyclic) bond motifs is 1. The number of nitrogens with one attached hydrogen (secondary N) is 1. The average Bonchev–Trinajstić information content (AvgIpc) is 3.16. The zero-order chi connectivity index (χ0) is 21.3. The number of nitrogens with two attached hydrogens (primary N) is 1. The largest absolute Gasteiger partial charge is 0.490 e. The Hall–Kier alpha value is -3.29. The number of ether oxygens (including phenoxy) is 1. The zero-order valence-corrected chi connectivity index (χ0v) is 17.4. The molecule has 154 valence electrons. The number of hydrogen-bond acceptors (Lipinski definition) is 4. The highest BCUT2D eigenvalue weighted by molar-refractivity contribution is 5.99. The highest BCUT2D eigenvalue weighted by Crippen LogP contribution is 2.36. The van der Waals surface area contributed by atoms with E-state index < -0.39 is 5.91 Å². The molecule has 3 N–H and O–H groups in total. The third-order valence-electron chi connectivity index (χ3n) is 4.74. The molecule has 0 saturated carbocycles. The van der Waals surface area contributed by atoms with Crippen LogP contribution in [0.5, 0.6) is 5.75 Å². The quantitative estimate of drug-likeness (QED) is 0.639. The maximum atomic E-state index is 12.0. The number of benzene rings is 1. The summed E-state index contributed by atoms with van der Waals surface area (Å²) < 4.78 is 9.61. The van der Waals surface area contributed by atoms with Gasteiger partial charge in [0.15, 0.2) is 11.6 Å². The molecule has 0 spiro atoms. The lowest BCUT2D eigenvalue weighted by molar-refractivity contribution is -0.118. The molecule has 0 unspecified atom stereocenters. The first kappa shape index (κ1) is 20.4. The Labute approximate surface area is 169 Å². The van der Waals surface area contributed by atoms with Crippen LogP contribution in [0.4, 0.5) is 5.69 Å². The molecule has 0 bridgehead atoms. The van der Waals surface area contributed by atoms with Crippen molar-refractivity contribution in [3.05, 3.63) is 30.0 Å². The smallest absolute Gasteiger partial charge is 0.254 e. The molecule has 0 aliphatic carbocycles. The van der Waals surface area contributed by atoms with E-state index in [2.05, 4.69) is 5.32 Å². The Kier molecular flexibility index (Phi) is 5.63. The normalized spacial score (nSPS) is 11.2. The van der Waals surface area contributed by atoms with Crippen LogP contribution in [-0.4, -0.2) is 32.5 Å². The summed E-state index contributed by atoms with van der Waals surface area (Å²) >= 11 is 0. The molecule has 0 aliphatic heterocycles. The minimum Gasteiger partial charge on any atom is -0.490 e. The summed E-state index contributed by atoms with van der Waals surface area (Å²) in [6, 6.07) is 5.60. The maximum Gasteiger partial charge on any atom is 0.254 e. The number of rotatable bonds is 7. The van der Waals surface area contributed by atoms with Crippen LogP contribution in [0.2, 0.25) is 0 Å². The van der Waals surface area contributed by atoms with Crippen molar-refractivity contribution < 1.29 is 14.3 Å². The molecule has 1 aromatic carbocycles.